The number of hydrogen-bond acceptors (Lipinski definition) is 3. The monoisotopic (exact) mass is 244 g/mol. The van der Waals surface area contributed by atoms with E-state index in [1.165, 1.54) is 18.3 Å². The van der Waals surface area contributed by atoms with Gasteiger partial charge in [-0.25, -0.2) is 4.98 Å². The van der Waals surface area contributed by atoms with Crippen LogP contribution in [0, 0.1) is 0 Å². The summed E-state index contributed by atoms with van der Waals surface area (Å²) in [7, 11) is 0. The molecule has 86 valence electrons. The van der Waals surface area contributed by atoms with Crippen LogP contribution in [0.5, 0.6) is 0 Å². The molecular weight excluding hydrogens is 232 g/mol. The minimum Gasteiger partial charge on any atom is -0.302 e. The molecule has 1 amide bonds. The Morgan fingerprint density at radius 3 is 2.76 bits per heavy atom. The SMILES string of the molecule is CC(=O)Nc1ncc(/C=C/c2ccccc2)s1. The molecule has 17 heavy (non-hydrogen) atoms. The van der Waals surface area contributed by atoms with Gasteiger partial charge in [-0.05, 0) is 11.6 Å². The van der Waals surface area contributed by atoms with Crippen LogP contribution in [-0.4, -0.2) is 10.9 Å². The number of carbonyl (C=O) groups is 1. The fourth-order valence-electron chi connectivity index (χ4n) is 1.31. The summed E-state index contributed by atoms with van der Waals surface area (Å²) in [6.07, 6.45) is 5.75. The van der Waals surface area contributed by atoms with Crippen LogP contribution < -0.4 is 5.32 Å². The third-order valence-electron chi connectivity index (χ3n) is 2.05. The van der Waals surface area contributed by atoms with Crippen LogP contribution in [0.25, 0.3) is 12.2 Å². The standard InChI is InChI=1S/C13H12N2OS/c1-10(16)15-13-14-9-12(17-13)8-7-11-5-3-2-4-6-11/h2-9H,1H3,(H,14,15,16)/b8-7+. The molecule has 4 heteroatoms. The number of hydrogen-bond donors (Lipinski definition) is 1. The molecule has 0 spiro atoms. The van der Waals surface area contributed by atoms with Crippen LogP contribution in [0.3, 0.4) is 0 Å². The summed E-state index contributed by atoms with van der Waals surface area (Å²) < 4.78 is 0. The molecule has 3 nitrogen and oxygen atoms in total. The minimum absolute atomic E-state index is 0.0991. The number of aromatic nitrogens is 1. The number of rotatable bonds is 3. The average molecular weight is 244 g/mol. The molecule has 0 radical (unpaired) electrons. The van der Waals surface area contributed by atoms with Gasteiger partial charge < -0.3 is 5.32 Å². The van der Waals surface area contributed by atoms with E-state index in [9.17, 15) is 4.79 Å². The summed E-state index contributed by atoms with van der Waals surface area (Å²) in [6.45, 7) is 1.47. The van der Waals surface area contributed by atoms with Crippen molar-refractivity contribution in [3.05, 3.63) is 47.0 Å². The Bertz CT molecular complexity index is 531. The van der Waals surface area contributed by atoms with Crippen LogP contribution in [-0.2, 0) is 4.79 Å². The van der Waals surface area contributed by atoms with Crippen LogP contribution in [0.1, 0.15) is 17.4 Å². The number of anilines is 1. The summed E-state index contributed by atoms with van der Waals surface area (Å²) in [6, 6.07) is 10.0. The van der Waals surface area contributed by atoms with Crippen molar-refractivity contribution in [2.75, 3.05) is 5.32 Å². The molecule has 0 saturated carbocycles. The third kappa shape index (κ3) is 3.53. The maximum atomic E-state index is 10.8. The first kappa shape index (κ1) is 11.5. The van der Waals surface area contributed by atoms with Crippen LogP contribution in [0.2, 0.25) is 0 Å². The van der Waals surface area contributed by atoms with E-state index in [1.807, 2.05) is 42.5 Å². The summed E-state index contributed by atoms with van der Waals surface area (Å²) in [5.74, 6) is -0.0991. The Labute approximate surface area is 104 Å². The highest BCUT2D eigenvalue weighted by atomic mass is 32.1. The lowest BCUT2D eigenvalue weighted by Gasteiger charge is -1.92. The van der Waals surface area contributed by atoms with E-state index < -0.39 is 0 Å². The Balaban J connectivity index is 2.06. The fraction of sp³-hybridized carbons (Fsp3) is 0.0769. The zero-order chi connectivity index (χ0) is 12.1. The van der Waals surface area contributed by atoms with Crippen molar-refractivity contribution in [3.8, 4) is 0 Å². The largest absolute Gasteiger partial charge is 0.302 e. The molecule has 1 aromatic heterocycles. The molecule has 0 aliphatic carbocycles. The van der Waals surface area contributed by atoms with Crippen molar-refractivity contribution in [2.24, 2.45) is 0 Å². The van der Waals surface area contributed by atoms with Gasteiger partial charge in [-0.2, -0.15) is 0 Å². The van der Waals surface area contributed by atoms with Crippen LogP contribution in [0.4, 0.5) is 5.13 Å². The van der Waals surface area contributed by atoms with Crippen molar-refractivity contribution >= 4 is 34.5 Å². The molecule has 0 unspecified atom stereocenters. The van der Waals surface area contributed by atoms with Gasteiger partial charge in [-0.3, -0.25) is 4.79 Å². The zero-order valence-electron chi connectivity index (χ0n) is 9.38. The zero-order valence-corrected chi connectivity index (χ0v) is 10.2. The second kappa shape index (κ2) is 5.41. The van der Waals surface area contributed by atoms with Gasteiger partial charge in [0.1, 0.15) is 0 Å². The first-order chi connectivity index (χ1) is 8.24. The van der Waals surface area contributed by atoms with Crippen molar-refractivity contribution in [3.63, 3.8) is 0 Å². The normalized spacial score (nSPS) is 10.6. The summed E-state index contributed by atoms with van der Waals surface area (Å²) in [4.78, 5) is 16.0. The fourth-order valence-corrected chi connectivity index (χ4v) is 2.08. The quantitative estimate of drug-likeness (QED) is 0.900. The molecule has 0 aliphatic rings. The predicted molar refractivity (Wildman–Crippen MR) is 71.8 cm³/mol. The Hall–Kier alpha value is -1.94. The molecule has 1 aromatic carbocycles. The van der Waals surface area contributed by atoms with Gasteiger partial charge in [0.15, 0.2) is 5.13 Å². The van der Waals surface area contributed by atoms with E-state index in [1.54, 1.807) is 6.20 Å². The topological polar surface area (TPSA) is 42.0 Å². The Morgan fingerprint density at radius 1 is 1.29 bits per heavy atom. The highest BCUT2D eigenvalue weighted by Gasteiger charge is 2.00. The lowest BCUT2D eigenvalue weighted by molar-refractivity contribution is -0.114. The number of amides is 1. The smallest absolute Gasteiger partial charge is 0.223 e. The molecule has 1 N–H and O–H groups in total. The van der Waals surface area contributed by atoms with E-state index >= 15 is 0 Å². The highest BCUT2D eigenvalue weighted by molar-refractivity contribution is 7.16. The highest BCUT2D eigenvalue weighted by Crippen LogP contribution is 2.20. The Morgan fingerprint density at radius 2 is 2.06 bits per heavy atom. The number of carbonyl (C=O) groups excluding carboxylic acids is 1. The maximum Gasteiger partial charge on any atom is 0.223 e. The molecule has 1 heterocycles. The van der Waals surface area contributed by atoms with Gasteiger partial charge in [-0.15, -0.1) is 0 Å². The van der Waals surface area contributed by atoms with E-state index in [0.29, 0.717) is 5.13 Å². The Kier molecular flexibility index (Phi) is 3.67. The summed E-state index contributed by atoms with van der Waals surface area (Å²) in [5, 5.41) is 3.29. The van der Waals surface area contributed by atoms with E-state index in [2.05, 4.69) is 10.3 Å². The number of nitrogens with one attached hydrogen (secondary N) is 1. The average Bonchev–Trinajstić information content (AvgIpc) is 2.75. The van der Waals surface area contributed by atoms with E-state index in [0.717, 1.165) is 10.4 Å². The van der Waals surface area contributed by atoms with Gasteiger partial charge in [0.2, 0.25) is 5.91 Å². The minimum atomic E-state index is -0.0991. The van der Waals surface area contributed by atoms with Gasteiger partial charge in [0.05, 0.1) is 0 Å². The second-order valence-corrected chi connectivity index (χ2v) is 4.56. The molecule has 2 aromatic rings. The molecule has 0 saturated heterocycles. The molecule has 0 bridgehead atoms. The molecule has 2 rings (SSSR count). The van der Waals surface area contributed by atoms with Gasteiger partial charge in [0.25, 0.3) is 0 Å². The number of thiazole rings is 1. The molecular formula is C13H12N2OS. The van der Waals surface area contributed by atoms with E-state index in [4.69, 9.17) is 0 Å². The lowest BCUT2D eigenvalue weighted by atomic mass is 10.2. The third-order valence-corrected chi connectivity index (χ3v) is 2.92. The van der Waals surface area contributed by atoms with Crippen molar-refractivity contribution in [1.29, 1.82) is 0 Å². The predicted octanol–water partition coefficient (Wildman–Crippen LogP) is 3.27. The second-order valence-electron chi connectivity index (χ2n) is 3.49. The van der Waals surface area contributed by atoms with Gasteiger partial charge in [-0.1, -0.05) is 47.7 Å². The summed E-state index contributed by atoms with van der Waals surface area (Å²) in [5.41, 5.74) is 1.14. The maximum absolute atomic E-state index is 10.8. The first-order valence-corrected chi connectivity index (χ1v) is 6.02. The van der Waals surface area contributed by atoms with Gasteiger partial charge in [0, 0.05) is 18.0 Å². The van der Waals surface area contributed by atoms with Crippen molar-refractivity contribution < 1.29 is 4.79 Å². The number of benzene rings is 1. The van der Waals surface area contributed by atoms with Crippen LogP contribution >= 0.6 is 11.3 Å². The first-order valence-electron chi connectivity index (χ1n) is 5.20. The van der Waals surface area contributed by atoms with E-state index in [-0.39, 0.29) is 5.91 Å². The van der Waals surface area contributed by atoms with Gasteiger partial charge >= 0.3 is 0 Å². The van der Waals surface area contributed by atoms with Crippen LogP contribution in [0.15, 0.2) is 36.5 Å². The summed E-state index contributed by atoms with van der Waals surface area (Å²) >= 11 is 1.45. The molecule has 0 fully saturated rings. The molecule has 0 aliphatic heterocycles. The molecule has 0 atom stereocenters. The lowest BCUT2D eigenvalue weighted by Crippen LogP contribution is -2.04. The van der Waals surface area contributed by atoms with Crippen molar-refractivity contribution in [2.45, 2.75) is 6.92 Å². The van der Waals surface area contributed by atoms with Crippen molar-refractivity contribution in [1.82, 2.24) is 4.98 Å². The number of nitrogens with zero attached hydrogens (tertiary/aromatic N) is 1.